The Kier molecular flexibility index (Phi) is 6.20. The molecule has 0 fully saturated rings. The first-order valence-corrected chi connectivity index (χ1v) is 6.79. The first-order chi connectivity index (χ1) is 7.79. The molecule has 1 aliphatic carbocycles. The third kappa shape index (κ3) is 3.99. The number of amides is 1. The maximum Gasteiger partial charge on any atom is 0.226 e. The van der Waals surface area contributed by atoms with E-state index in [-0.39, 0.29) is 0 Å². The summed E-state index contributed by atoms with van der Waals surface area (Å²) in [6, 6.07) is 0. The number of allylic oxidation sites excluding steroid dienone is 2. The molecule has 0 bridgehead atoms. The van der Waals surface area contributed by atoms with E-state index in [2.05, 4.69) is 19.9 Å². The minimum absolute atomic E-state index is 0.323. The summed E-state index contributed by atoms with van der Waals surface area (Å²) in [5, 5.41) is 0. The fourth-order valence-corrected chi connectivity index (χ4v) is 2.16. The molecular weight excluding hydrogens is 198 g/mol. The normalized spacial score (nSPS) is 15.8. The molecule has 0 aromatic rings. The molecule has 1 aliphatic rings. The molecule has 2 heteroatoms. The van der Waals surface area contributed by atoms with Gasteiger partial charge in [0.05, 0.1) is 0 Å². The Morgan fingerprint density at radius 3 is 2.69 bits per heavy atom. The van der Waals surface area contributed by atoms with Crippen molar-refractivity contribution in [3.05, 3.63) is 11.8 Å². The van der Waals surface area contributed by atoms with E-state index in [9.17, 15) is 4.79 Å². The van der Waals surface area contributed by atoms with Crippen LogP contribution in [0.2, 0.25) is 0 Å². The monoisotopic (exact) mass is 223 g/mol. The van der Waals surface area contributed by atoms with Crippen molar-refractivity contribution in [3.8, 4) is 0 Å². The quantitative estimate of drug-likeness (QED) is 0.669. The molecule has 0 aromatic carbocycles. The third-order valence-corrected chi connectivity index (χ3v) is 3.11. The van der Waals surface area contributed by atoms with Gasteiger partial charge < -0.3 is 4.90 Å². The highest BCUT2D eigenvalue weighted by Gasteiger charge is 2.17. The number of carbonyl (C=O) groups is 1. The summed E-state index contributed by atoms with van der Waals surface area (Å²) < 4.78 is 0. The van der Waals surface area contributed by atoms with Crippen LogP contribution in [-0.2, 0) is 4.79 Å². The summed E-state index contributed by atoms with van der Waals surface area (Å²) in [4.78, 5) is 14.1. The van der Waals surface area contributed by atoms with E-state index >= 15 is 0 Å². The fraction of sp³-hybridized carbons (Fsp3) is 0.786. The highest BCUT2D eigenvalue weighted by molar-refractivity contribution is 5.78. The smallest absolute Gasteiger partial charge is 0.226 e. The number of rotatable bonds is 6. The second kappa shape index (κ2) is 7.48. The van der Waals surface area contributed by atoms with Crippen LogP contribution < -0.4 is 0 Å². The molecule has 0 radical (unpaired) electrons. The van der Waals surface area contributed by atoms with Crippen LogP contribution in [0.1, 0.15) is 65.2 Å². The predicted molar refractivity (Wildman–Crippen MR) is 68.1 cm³/mol. The van der Waals surface area contributed by atoms with Crippen molar-refractivity contribution >= 4 is 5.91 Å². The van der Waals surface area contributed by atoms with Gasteiger partial charge in [0.1, 0.15) is 0 Å². The molecule has 0 aliphatic heterocycles. The van der Waals surface area contributed by atoms with Gasteiger partial charge >= 0.3 is 0 Å². The molecule has 0 spiro atoms. The van der Waals surface area contributed by atoms with E-state index in [1.807, 2.05) is 4.90 Å². The van der Waals surface area contributed by atoms with Gasteiger partial charge in [-0.2, -0.15) is 0 Å². The lowest BCUT2D eigenvalue weighted by molar-refractivity contribution is -0.129. The Hall–Kier alpha value is -0.790. The zero-order chi connectivity index (χ0) is 11.8. The molecule has 1 rings (SSSR count). The lowest BCUT2D eigenvalue weighted by atomic mass is 10.0. The van der Waals surface area contributed by atoms with Crippen molar-refractivity contribution in [2.24, 2.45) is 0 Å². The van der Waals surface area contributed by atoms with Gasteiger partial charge in [0.2, 0.25) is 5.91 Å². The molecule has 0 unspecified atom stereocenters. The number of carbonyl (C=O) groups excluding carboxylic acids is 1. The maximum atomic E-state index is 12.0. The summed E-state index contributed by atoms with van der Waals surface area (Å²) in [6.07, 6.45) is 11.0. The van der Waals surface area contributed by atoms with E-state index in [0.717, 1.165) is 38.6 Å². The topological polar surface area (TPSA) is 20.3 Å². The summed E-state index contributed by atoms with van der Waals surface area (Å²) in [5.41, 5.74) is 1.29. The molecule has 0 atom stereocenters. The average molecular weight is 223 g/mol. The van der Waals surface area contributed by atoms with E-state index in [4.69, 9.17) is 0 Å². The van der Waals surface area contributed by atoms with Crippen LogP contribution >= 0.6 is 0 Å². The number of hydrogen-bond acceptors (Lipinski definition) is 1. The highest BCUT2D eigenvalue weighted by atomic mass is 16.2. The van der Waals surface area contributed by atoms with Crippen LogP contribution in [-0.4, -0.2) is 17.4 Å². The third-order valence-electron chi connectivity index (χ3n) is 3.11. The van der Waals surface area contributed by atoms with E-state index < -0.39 is 0 Å². The molecule has 0 saturated carbocycles. The van der Waals surface area contributed by atoms with Gasteiger partial charge in [-0.1, -0.05) is 26.3 Å². The van der Waals surface area contributed by atoms with Crippen LogP contribution in [0.25, 0.3) is 0 Å². The second-order valence-electron chi connectivity index (χ2n) is 4.59. The van der Waals surface area contributed by atoms with Gasteiger partial charge in [0.25, 0.3) is 0 Å². The van der Waals surface area contributed by atoms with Gasteiger partial charge in [0.15, 0.2) is 0 Å². The lowest BCUT2D eigenvalue weighted by Gasteiger charge is -2.27. The van der Waals surface area contributed by atoms with Gasteiger partial charge in [0, 0.05) is 18.7 Å². The second-order valence-corrected chi connectivity index (χ2v) is 4.59. The largest absolute Gasteiger partial charge is 0.317 e. The molecule has 16 heavy (non-hydrogen) atoms. The fourth-order valence-electron chi connectivity index (χ4n) is 2.16. The molecule has 0 heterocycles. The number of hydrogen-bond donors (Lipinski definition) is 0. The summed E-state index contributed by atoms with van der Waals surface area (Å²) in [5.74, 6) is 0.323. The molecule has 2 nitrogen and oxygen atoms in total. The molecule has 1 amide bonds. The van der Waals surface area contributed by atoms with Crippen LogP contribution in [0.15, 0.2) is 11.8 Å². The van der Waals surface area contributed by atoms with Crippen molar-refractivity contribution in [1.82, 2.24) is 4.90 Å². The van der Waals surface area contributed by atoms with Crippen molar-refractivity contribution in [3.63, 3.8) is 0 Å². The van der Waals surface area contributed by atoms with Crippen LogP contribution in [0.4, 0.5) is 0 Å². The van der Waals surface area contributed by atoms with Crippen molar-refractivity contribution < 1.29 is 4.79 Å². The minimum atomic E-state index is 0.323. The first-order valence-electron chi connectivity index (χ1n) is 6.79. The molecule has 0 N–H and O–H groups in total. The predicted octanol–water partition coefficient (Wildman–Crippen LogP) is 3.87. The van der Waals surface area contributed by atoms with Crippen LogP contribution in [0.5, 0.6) is 0 Å². The van der Waals surface area contributed by atoms with Crippen LogP contribution in [0, 0.1) is 0 Å². The zero-order valence-corrected chi connectivity index (χ0v) is 10.8. The minimum Gasteiger partial charge on any atom is -0.317 e. The highest BCUT2D eigenvalue weighted by Crippen LogP contribution is 2.22. The van der Waals surface area contributed by atoms with Gasteiger partial charge in [-0.15, -0.1) is 0 Å². The summed E-state index contributed by atoms with van der Waals surface area (Å²) >= 11 is 0. The van der Waals surface area contributed by atoms with Gasteiger partial charge in [-0.25, -0.2) is 0 Å². The van der Waals surface area contributed by atoms with E-state index in [0.29, 0.717) is 12.3 Å². The Bertz CT molecular complexity index is 245. The molecule has 0 aromatic heterocycles. The van der Waals surface area contributed by atoms with Gasteiger partial charge in [-0.3, -0.25) is 4.79 Å². The lowest BCUT2D eigenvalue weighted by Crippen LogP contribution is -2.31. The molecular formula is C14H25NO. The molecule has 92 valence electrons. The first kappa shape index (κ1) is 13.3. The summed E-state index contributed by atoms with van der Waals surface area (Å²) in [7, 11) is 0. The van der Waals surface area contributed by atoms with Crippen LogP contribution in [0.3, 0.4) is 0 Å². The standard InChI is InChI=1S/C14H25NO/c1-3-5-12-15(14(16)9-4-2)13-10-7-6-8-11-13/h10H,3-9,11-12H2,1-2H3. The number of unbranched alkanes of at least 4 members (excludes halogenated alkanes) is 1. The van der Waals surface area contributed by atoms with Crippen molar-refractivity contribution in [2.45, 2.75) is 65.2 Å². The van der Waals surface area contributed by atoms with Crippen molar-refractivity contribution in [1.29, 1.82) is 0 Å². The van der Waals surface area contributed by atoms with Crippen molar-refractivity contribution in [2.75, 3.05) is 6.54 Å². The average Bonchev–Trinajstić information content (AvgIpc) is 2.31. The molecule has 0 saturated heterocycles. The van der Waals surface area contributed by atoms with Gasteiger partial charge in [-0.05, 0) is 38.5 Å². The Morgan fingerprint density at radius 1 is 1.31 bits per heavy atom. The Labute approximate surface area is 99.7 Å². The Balaban J connectivity index is 2.61. The SMILES string of the molecule is CCCCN(C(=O)CCC)C1=CCCCC1. The summed E-state index contributed by atoms with van der Waals surface area (Å²) in [6.45, 7) is 5.17. The maximum absolute atomic E-state index is 12.0. The van der Waals surface area contributed by atoms with E-state index in [1.54, 1.807) is 0 Å². The zero-order valence-electron chi connectivity index (χ0n) is 10.8. The number of nitrogens with zero attached hydrogens (tertiary/aromatic N) is 1. The van der Waals surface area contributed by atoms with E-state index in [1.165, 1.54) is 18.5 Å². The Morgan fingerprint density at radius 2 is 2.12 bits per heavy atom.